The molecule has 0 unspecified atom stereocenters. The Morgan fingerprint density at radius 3 is 2.18 bits per heavy atom. The van der Waals surface area contributed by atoms with Gasteiger partial charge in [-0.2, -0.15) is 0 Å². The van der Waals surface area contributed by atoms with Crippen LogP contribution in [0, 0.1) is 5.92 Å². The van der Waals surface area contributed by atoms with E-state index in [1.54, 1.807) is 12.1 Å². The lowest BCUT2D eigenvalue weighted by Gasteiger charge is -2.23. The molecule has 0 radical (unpaired) electrons. The van der Waals surface area contributed by atoms with Crippen molar-refractivity contribution in [3.05, 3.63) is 65.7 Å². The van der Waals surface area contributed by atoms with E-state index < -0.39 is 6.10 Å². The highest BCUT2D eigenvalue weighted by Crippen LogP contribution is 2.16. The van der Waals surface area contributed by atoms with Crippen LogP contribution in [0.2, 0.25) is 0 Å². The Hall–Kier alpha value is -2.66. The summed E-state index contributed by atoms with van der Waals surface area (Å²) in [6.07, 6.45) is -0.557. The van der Waals surface area contributed by atoms with E-state index in [1.807, 2.05) is 63.2 Å². The van der Waals surface area contributed by atoms with E-state index in [1.165, 1.54) is 6.92 Å². The lowest BCUT2D eigenvalue weighted by molar-refractivity contribution is -0.136. The van der Waals surface area contributed by atoms with Gasteiger partial charge in [0.2, 0.25) is 5.91 Å². The van der Waals surface area contributed by atoms with E-state index in [0.717, 1.165) is 11.3 Å². The SMILES string of the molecule is CC(=O)c1ccc([C@H](C)NC(=O)[C@H](OCCOc2ccccc2)C(C)C)cc1.[HH]. The van der Waals surface area contributed by atoms with E-state index in [0.29, 0.717) is 18.8 Å². The summed E-state index contributed by atoms with van der Waals surface area (Å²) < 4.78 is 11.4. The molecule has 1 N–H and O–H groups in total. The summed E-state index contributed by atoms with van der Waals surface area (Å²) in [5.41, 5.74) is 1.59. The van der Waals surface area contributed by atoms with Crippen LogP contribution in [0.15, 0.2) is 54.6 Å². The quantitative estimate of drug-likeness (QED) is 0.485. The van der Waals surface area contributed by atoms with Gasteiger partial charge >= 0.3 is 0 Å². The number of carbonyl (C=O) groups is 2. The Kier molecular flexibility index (Phi) is 8.20. The van der Waals surface area contributed by atoms with Crippen LogP contribution in [-0.2, 0) is 9.53 Å². The molecule has 5 heteroatoms. The Morgan fingerprint density at radius 2 is 1.61 bits per heavy atom. The standard InChI is InChI=1S/C23H29NO4.H2/c1-16(2)22(28-15-14-27-21-8-6-5-7-9-21)23(26)24-17(3)19-10-12-20(13-11-19)18(4)25;/h5-13,16-17,22H,14-15H2,1-4H3,(H,24,26);1H/t17-,22+;/m0./s1. The second-order valence-electron chi connectivity index (χ2n) is 7.11. The van der Waals surface area contributed by atoms with Crippen molar-refractivity contribution in [1.29, 1.82) is 0 Å². The fourth-order valence-corrected chi connectivity index (χ4v) is 2.81. The first-order valence-electron chi connectivity index (χ1n) is 9.59. The average molecular weight is 386 g/mol. The second-order valence-corrected chi connectivity index (χ2v) is 7.11. The van der Waals surface area contributed by atoms with Crippen LogP contribution < -0.4 is 10.1 Å². The minimum atomic E-state index is -0.557. The maximum Gasteiger partial charge on any atom is 0.249 e. The van der Waals surface area contributed by atoms with Gasteiger partial charge in [-0.3, -0.25) is 9.59 Å². The number of amides is 1. The molecule has 0 fully saturated rings. The zero-order valence-electron chi connectivity index (χ0n) is 17.0. The molecule has 2 aromatic carbocycles. The van der Waals surface area contributed by atoms with Crippen molar-refractivity contribution in [2.45, 2.75) is 39.8 Å². The van der Waals surface area contributed by atoms with Crippen LogP contribution in [0.3, 0.4) is 0 Å². The normalized spacial score (nSPS) is 13.0. The highest BCUT2D eigenvalue weighted by molar-refractivity contribution is 5.94. The third kappa shape index (κ3) is 6.50. The number of ketones is 1. The van der Waals surface area contributed by atoms with Crippen LogP contribution in [0.4, 0.5) is 0 Å². The molecule has 1 amide bonds. The third-order valence-corrected chi connectivity index (χ3v) is 4.43. The summed E-state index contributed by atoms with van der Waals surface area (Å²) in [5, 5.41) is 3.00. The molecule has 0 bridgehead atoms. The van der Waals surface area contributed by atoms with E-state index in [4.69, 9.17) is 9.47 Å². The van der Waals surface area contributed by atoms with Crippen molar-refractivity contribution in [3.63, 3.8) is 0 Å². The van der Waals surface area contributed by atoms with E-state index in [2.05, 4.69) is 5.32 Å². The zero-order chi connectivity index (χ0) is 20.5. The number of benzene rings is 2. The molecule has 5 nitrogen and oxygen atoms in total. The molecule has 0 aliphatic heterocycles. The minimum absolute atomic E-state index is 0. The van der Waals surface area contributed by atoms with Gasteiger partial charge in [0.15, 0.2) is 5.78 Å². The predicted octanol–water partition coefficient (Wildman–Crippen LogP) is 4.43. The Morgan fingerprint density at radius 1 is 0.964 bits per heavy atom. The van der Waals surface area contributed by atoms with Gasteiger partial charge in [0.25, 0.3) is 0 Å². The predicted molar refractivity (Wildman–Crippen MR) is 112 cm³/mol. The molecule has 0 aliphatic rings. The molecule has 2 aromatic rings. The van der Waals surface area contributed by atoms with Crippen LogP contribution >= 0.6 is 0 Å². The van der Waals surface area contributed by atoms with Crippen molar-refractivity contribution >= 4 is 11.7 Å². The first-order chi connectivity index (χ1) is 13.4. The fourth-order valence-electron chi connectivity index (χ4n) is 2.81. The summed E-state index contributed by atoms with van der Waals surface area (Å²) in [7, 11) is 0. The number of ether oxygens (including phenoxy) is 2. The zero-order valence-corrected chi connectivity index (χ0v) is 17.0. The topological polar surface area (TPSA) is 64.6 Å². The average Bonchev–Trinajstić information content (AvgIpc) is 2.68. The Bertz CT molecular complexity index is 762. The molecule has 152 valence electrons. The van der Waals surface area contributed by atoms with Gasteiger partial charge in [-0.1, -0.05) is 56.3 Å². The summed E-state index contributed by atoms with van der Waals surface area (Å²) in [5.74, 6) is 0.676. The first-order valence-corrected chi connectivity index (χ1v) is 9.59. The second kappa shape index (κ2) is 10.6. The van der Waals surface area contributed by atoms with Gasteiger partial charge in [-0.15, -0.1) is 0 Å². The molecule has 0 heterocycles. The number of hydrogen-bond acceptors (Lipinski definition) is 4. The molecule has 0 aliphatic carbocycles. The van der Waals surface area contributed by atoms with Crippen LogP contribution in [0.1, 0.15) is 51.1 Å². The molecular weight excluding hydrogens is 354 g/mol. The van der Waals surface area contributed by atoms with Gasteiger partial charge in [0, 0.05) is 6.99 Å². The Labute approximate surface area is 168 Å². The number of para-hydroxylation sites is 1. The lowest BCUT2D eigenvalue weighted by atomic mass is 10.0. The smallest absolute Gasteiger partial charge is 0.249 e. The number of rotatable bonds is 10. The maximum atomic E-state index is 12.7. The van der Waals surface area contributed by atoms with Crippen LogP contribution in [-0.4, -0.2) is 31.0 Å². The summed E-state index contributed by atoms with van der Waals surface area (Å²) in [6, 6.07) is 16.6. The van der Waals surface area contributed by atoms with E-state index >= 15 is 0 Å². The summed E-state index contributed by atoms with van der Waals surface area (Å²) in [4.78, 5) is 24.1. The molecule has 0 aromatic heterocycles. The minimum Gasteiger partial charge on any atom is -0.491 e. The molecule has 28 heavy (non-hydrogen) atoms. The molecular formula is C23H31NO4. The summed E-state index contributed by atoms with van der Waals surface area (Å²) >= 11 is 0. The van der Waals surface area contributed by atoms with Crippen molar-refractivity contribution in [3.8, 4) is 5.75 Å². The number of Topliss-reactive ketones (excluding diaryl/α,β-unsaturated/α-hetero) is 1. The third-order valence-electron chi connectivity index (χ3n) is 4.43. The maximum absolute atomic E-state index is 12.7. The molecule has 0 spiro atoms. The van der Waals surface area contributed by atoms with Gasteiger partial charge in [-0.25, -0.2) is 0 Å². The van der Waals surface area contributed by atoms with Crippen molar-refractivity contribution in [2.75, 3.05) is 13.2 Å². The van der Waals surface area contributed by atoms with Gasteiger partial charge in [0.05, 0.1) is 12.6 Å². The Balaban J connectivity index is 0.00000420. The molecule has 2 rings (SSSR count). The highest BCUT2D eigenvalue weighted by Gasteiger charge is 2.24. The first kappa shape index (κ1) is 21.6. The summed E-state index contributed by atoms with van der Waals surface area (Å²) in [6.45, 7) is 8.06. The lowest BCUT2D eigenvalue weighted by Crippen LogP contribution is -2.41. The van der Waals surface area contributed by atoms with Crippen molar-refractivity contribution in [1.82, 2.24) is 5.32 Å². The number of carbonyl (C=O) groups excluding carboxylic acids is 2. The van der Waals surface area contributed by atoms with E-state index in [9.17, 15) is 9.59 Å². The monoisotopic (exact) mass is 385 g/mol. The highest BCUT2D eigenvalue weighted by atomic mass is 16.5. The molecule has 2 atom stereocenters. The van der Waals surface area contributed by atoms with Crippen molar-refractivity contribution < 1.29 is 20.5 Å². The van der Waals surface area contributed by atoms with Gasteiger partial charge in [-0.05, 0) is 37.5 Å². The molecule has 0 saturated heterocycles. The number of nitrogens with one attached hydrogen (secondary N) is 1. The number of hydrogen-bond donors (Lipinski definition) is 1. The van der Waals surface area contributed by atoms with Crippen LogP contribution in [0.5, 0.6) is 5.75 Å². The fraction of sp³-hybridized carbons (Fsp3) is 0.391. The van der Waals surface area contributed by atoms with Gasteiger partial charge < -0.3 is 14.8 Å². The van der Waals surface area contributed by atoms with Gasteiger partial charge in [0.1, 0.15) is 18.5 Å². The van der Waals surface area contributed by atoms with Crippen LogP contribution in [0.25, 0.3) is 0 Å². The van der Waals surface area contributed by atoms with Crippen molar-refractivity contribution in [2.24, 2.45) is 5.92 Å². The van der Waals surface area contributed by atoms with E-state index in [-0.39, 0.29) is 25.1 Å². The molecule has 0 saturated carbocycles. The largest absolute Gasteiger partial charge is 0.491 e.